The number of thiazole rings is 1. The standard InChI is InChI=1S/C8H12N6S/c1-5-11-6(4-15-5)2-7(12-9)8-3-10-14-13-8/h3-4,7,12H,2,9H2,1H3,(H,10,13,14). The van der Waals surface area contributed by atoms with Gasteiger partial charge in [-0.2, -0.15) is 15.4 Å². The van der Waals surface area contributed by atoms with E-state index in [1.807, 2.05) is 12.3 Å². The molecule has 15 heavy (non-hydrogen) atoms. The van der Waals surface area contributed by atoms with Crippen molar-refractivity contribution in [3.8, 4) is 0 Å². The van der Waals surface area contributed by atoms with Crippen LogP contribution < -0.4 is 11.3 Å². The Labute approximate surface area is 90.9 Å². The van der Waals surface area contributed by atoms with Crippen LogP contribution in [0.3, 0.4) is 0 Å². The van der Waals surface area contributed by atoms with Gasteiger partial charge in [-0.15, -0.1) is 11.3 Å². The van der Waals surface area contributed by atoms with Crippen molar-refractivity contribution in [1.29, 1.82) is 0 Å². The molecule has 0 aliphatic heterocycles. The number of aryl methyl sites for hydroxylation is 1. The van der Waals surface area contributed by atoms with Crippen molar-refractivity contribution in [2.24, 2.45) is 5.84 Å². The van der Waals surface area contributed by atoms with Crippen LogP contribution in [0.2, 0.25) is 0 Å². The summed E-state index contributed by atoms with van der Waals surface area (Å²) in [5.41, 5.74) is 4.52. The highest BCUT2D eigenvalue weighted by molar-refractivity contribution is 7.09. The van der Waals surface area contributed by atoms with Crippen molar-refractivity contribution in [1.82, 2.24) is 25.8 Å². The highest BCUT2D eigenvalue weighted by atomic mass is 32.1. The van der Waals surface area contributed by atoms with Gasteiger partial charge in [0, 0.05) is 11.8 Å². The Hall–Kier alpha value is -1.31. The molecule has 0 spiro atoms. The maximum absolute atomic E-state index is 5.46. The average Bonchev–Trinajstić information content (AvgIpc) is 2.85. The van der Waals surface area contributed by atoms with Crippen LogP contribution in [0.5, 0.6) is 0 Å². The summed E-state index contributed by atoms with van der Waals surface area (Å²) in [5.74, 6) is 5.46. The van der Waals surface area contributed by atoms with E-state index in [4.69, 9.17) is 5.84 Å². The Balaban J connectivity index is 2.09. The van der Waals surface area contributed by atoms with Gasteiger partial charge in [0.25, 0.3) is 0 Å². The van der Waals surface area contributed by atoms with Gasteiger partial charge >= 0.3 is 0 Å². The lowest BCUT2D eigenvalue weighted by molar-refractivity contribution is 0.532. The van der Waals surface area contributed by atoms with Crippen molar-refractivity contribution in [2.45, 2.75) is 19.4 Å². The lowest BCUT2D eigenvalue weighted by Gasteiger charge is -2.10. The molecular weight excluding hydrogens is 212 g/mol. The number of aromatic nitrogens is 4. The zero-order valence-corrected chi connectivity index (χ0v) is 9.08. The molecule has 80 valence electrons. The van der Waals surface area contributed by atoms with Crippen molar-refractivity contribution in [2.75, 3.05) is 0 Å². The smallest absolute Gasteiger partial charge is 0.101 e. The number of aromatic amines is 1. The molecule has 2 aromatic rings. The molecule has 0 amide bonds. The summed E-state index contributed by atoms with van der Waals surface area (Å²) < 4.78 is 0. The third-order valence-corrected chi connectivity index (χ3v) is 2.89. The SMILES string of the molecule is Cc1nc(CC(NN)c2cn[nH]n2)cs1. The Bertz CT molecular complexity index is 408. The monoisotopic (exact) mass is 224 g/mol. The van der Waals surface area contributed by atoms with Gasteiger partial charge in [0.2, 0.25) is 0 Å². The minimum Gasteiger partial charge on any atom is -0.271 e. The molecule has 4 N–H and O–H groups in total. The molecular formula is C8H12N6S. The minimum atomic E-state index is -0.0507. The first-order valence-electron chi connectivity index (χ1n) is 4.52. The van der Waals surface area contributed by atoms with Crippen LogP contribution in [0.25, 0.3) is 0 Å². The summed E-state index contributed by atoms with van der Waals surface area (Å²) in [6.07, 6.45) is 2.37. The van der Waals surface area contributed by atoms with Crippen LogP contribution in [-0.4, -0.2) is 20.4 Å². The first-order valence-corrected chi connectivity index (χ1v) is 5.40. The summed E-state index contributed by atoms with van der Waals surface area (Å²) in [7, 11) is 0. The first-order chi connectivity index (χ1) is 7.29. The fourth-order valence-electron chi connectivity index (χ4n) is 1.34. The highest BCUT2D eigenvalue weighted by Crippen LogP contribution is 2.16. The number of nitrogens with two attached hydrogens (primary N) is 1. The molecule has 1 unspecified atom stereocenters. The van der Waals surface area contributed by atoms with Gasteiger partial charge in [0.1, 0.15) is 5.69 Å². The fraction of sp³-hybridized carbons (Fsp3) is 0.375. The number of hydrogen-bond donors (Lipinski definition) is 3. The van der Waals surface area contributed by atoms with Crippen molar-refractivity contribution in [3.63, 3.8) is 0 Å². The second-order valence-electron chi connectivity index (χ2n) is 3.18. The molecule has 0 aliphatic carbocycles. The number of nitrogens with one attached hydrogen (secondary N) is 2. The quantitative estimate of drug-likeness (QED) is 0.513. The molecule has 0 saturated carbocycles. The summed E-state index contributed by atoms with van der Waals surface area (Å²) >= 11 is 1.63. The largest absolute Gasteiger partial charge is 0.271 e. The maximum atomic E-state index is 5.46. The molecule has 0 bridgehead atoms. The zero-order valence-electron chi connectivity index (χ0n) is 8.27. The average molecular weight is 224 g/mol. The summed E-state index contributed by atoms with van der Waals surface area (Å²) in [5, 5.41) is 13.4. The number of nitrogens with zero attached hydrogens (tertiary/aromatic N) is 3. The number of hydrazine groups is 1. The van der Waals surface area contributed by atoms with Crippen LogP contribution in [0.4, 0.5) is 0 Å². The molecule has 0 radical (unpaired) electrons. The van der Waals surface area contributed by atoms with E-state index >= 15 is 0 Å². The van der Waals surface area contributed by atoms with Crippen molar-refractivity contribution >= 4 is 11.3 Å². The van der Waals surface area contributed by atoms with E-state index in [2.05, 4.69) is 25.8 Å². The highest BCUT2D eigenvalue weighted by Gasteiger charge is 2.14. The topological polar surface area (TPSA) is 92.5 Å². The molecule has 0 aliphatic rings. The van der Waals surface area contributed by atoms with E-state index in [1.54, 1.807) is 17.5 Å². The summed E-state index contributed by atoms with van der Waals surface area (Å²) in [6.45, 7) is 1.98. The molecule has 2 heterocycles. The van der Waals surface area contributed by atoms with Gasteiger partial charge in [0.05, 0.1) is 22.9 Å². The molecule has 0 fully saturated rings. The van der Waals surface area contributed by atoms with E-state index < -0.39 is 0 Å². The Morgan fingerprint density at radius 1 is 1.67 bits per heavy atom. The van der Waals surface area contributed by atoms with E-state index in [0.29, 0.717) is 6.42 Å². The predicted molar refractivity (Wildman–Crippen MR) is 57.0 cm³/mol. The second-order valence-corrected chi connectivity index (χ2v) is 4.24. The lowest BCUT2D eigenvalue weighted by Crippen LogP contribution is -2.30. The van der Waals surface area contributed by atoms with E-state index in [1.165, 1.54) is 0 Å². The lowest BCUT2D eigenvalue weighted by atomic mass is 10.1. The fourth-order valence-corrected chi connectivity index (χ4v) is 1.96. The van der Waals surface area contributed by atoms with E-state index in [0.717, 1.165) is 16.4 Å². The van der Waals surface area contributed by atoms with Gasteiger partial charge in [-0.05, 0) is 6.92 Å². The van der Waals surface area contributed by atoms with Crippen LogP contribution in [0, 0.1) is 6.92 Å². The molecule has 0 aromatic carbocycles. The van der Waals surface area contributed by atoms with Gasteiger partial charge in [0.15, 0.2) is 0 Å². The molecule has 1 atom stereocenters. The van der Waals surface area contributed by atoms with Gasteiger partial charge in [-0.25, -0.2) is 4.98 Å². The van der Waals surface area contributed by atoms with Gasteiger partial charge in [-0.1, -0.05) is 0 Å². The van der Waals surface area contributed by atoms with Crippen LogP contribution in [0.15, 0.2) is 11.6 Å². The summed E-state index contributed by atoms with van der Waals surface area (Å²) in [6, 6.07) is -0.0507. The molecule has 6 nitrogen and oxygen atoms in total. The first kappa shape index (κ1) is 10.2. The molecule has 2 aromatic heterocycles. The third-order valence-electron chi connectivity index (χ3n) is 2.07. The minimum absolute atomic E-state index is 0.0507. The number of H-pyrrole nitrogens is 1. The van der Waals surface area contributed by atoms with Gasteiger partial charge < -0.3 is 0 Å². The maximum Gasteiger partial charge on any atom is 0.101 e. The van der Waals surface area contributed by atoms with Crippen LogP contribution in [-0.2, 0) is 6.42 Å². The predicted octanol–water partition coefficient (Wildman–Crippen LogP) is 0.317. The van der Waals surface area contributed by atoms with E-state index in [9.17, 15) is 0 Å². The normalized spacial score (nSPS) is 12.9. The second kappa shape index (κ2) is 4.47. The molecule has 0 saturated heterocycles. The number of rotatable bonds is 4. The Morgan fingerprint density at radius 2 is 2.53 bits per heavy atom. The van der Waals surface area contributed by atoms with E-state index in [-0.39, 0.29) is 6.04 Å². The summed E-state index contributed by atoms with van der Waals surface area (Å²) in [4.78, 5) is 4.37. The van der Waals surface area contributed by atoms with Crippen LogP contribution in [0.1, 0.15) is 22.4 Å². The van der Waals surface area contributed by atoms with Gasteiger partial charge in [-0.3, -0.25) is 11.3 Å². The van der Waals surface area contributed by atoms with Crippen LogP contribution >= 0.6 is 11.3 Å². The molecule has 7 heteroatoms. The molecule has 2 rings (SSSR count). The Morgan fingerprint density at radius 3 is 3.07 bits per heavy atom. The number of hydrogen-bond acceptors (Lipinski definition) is 6. The Kier molecular flexibility index (Phi) is 3.05. The zero-order chi connectivity index (χ0) is 10.7. The third kappa shape index (κ3) is 2.38. The van der Waals surface area contributed by atoms with Crippen molar-refractivity contribution in [3.05, 3.63) is 28.0 Å². The van der Waals surface area contributed by atoms with Crippen molar-refractivity contribution < 1.29 is 0 Å².